The summed E-state index contributed by atoms with van der Waals surface area (Å²) >= 11 is 1.15. The third-order valence-electron chi connectivity index (χ3n) is 7.26. The molecule has 3 N–H and O–H groups in total. The summed E-state index contributed by atoms with van der Waals surface area (Å²) < 4.78 is 54.6. The molecule has 234 valence electrons. The van der Waals surface area contributed by atoms with E-state index in [0.29, 0.717) is 56.0 Å². The molecule has 0 amide bonds. The molecule has 15 heteroatoms. The highest BCUT2D eigenvalue weighted by Crippen LogP contribution is 2.38. The van der Waals surface area contributed by atoms with E-state index in [4.69, 9.17) is 5.11 Å². The number of anilines is 2. The number of nitrogens with zero attached hydrogens (tertiary/aromatic N) is 6. The Hall–Kier alpha value is -3.40. The second-order valence-electron chi connectivity index (χ2n) is 11.4. The second kappa shape index (κ2) is 13.1. The van der Waals surface area contributed by atoms with Crippen molar-refractivity contribution in [2.45, 2.75) is 51.7 Å². The van der Waals surface area contributed by atoms with Crippen LogP contribution in [0, 0.1) is 5.82 Å². The Balaban J connectivity index is 1.51. The van der Waals surface area contributed by atoms with Gasteiger partial charge in [-0.3, -0.25) is 19.6 Å². The van der Waals surface area contributed by atoms with Crippen molar-refractivity contribution >= 4 is 28.3 Å². The predicted octanol–water partition coefficient (Wildman–Crippen LogP) is 4.69. The smallest absolute Gasteiger partial charge is 0.416 e. The molecule has 0 spiro atoms. The highest BCUT2D eigenvalue weighted by molar-refractivity contribution is 7.16. The highest BCUT2D eigenvalue weighted by atomic mass is 32.1. The standard InChI is InChI=1S/C28H35F4N7O3S/c1-27(2,3)37(4)16-21-24(17-11-18(28(30,31)32)13-19(29)12-17)35-26(43-21)36-25(42)20-14-34-22(15-33-20)39-9-7-38(8-10-39)6-5-23(40)41/h11-15,25,42H,5-10,16H2,1-4H3,(H,35,36)(H,40,41). The lowest BCUT2D eigenvalue weighted by Crippen LogP contribution is -2.47. The number of nitrogens with one attached hydrogen (secondary N) is 1. The van der Waals surface area contributed by atoms with E-state index in [1.807, 2.05) is 37.6 Å². The molecule has 0 bridgehead atoms. The third-order valence-corrected chi connectivity index (χ3v) is 8.23. The Morgan fingerprint density at radius 1 is 1.12 bits per heavy atom. The number of hydrogen-bond acceptors (Lipinski definition) is 10. The van der Waals surface area contributed by atoms with Crippen molar-refractivity contribution in [3.63, 3.8) is 0 Å². The fraction of sp³-hybridized carbons (Fsp3) is 0.500. The number of carboxylic acids is 1. The van der Waals surface area contributed by atoms with Gasteiger partial charge in [0.1, 0.15) is 17.3 Å². The monoisotopic (exact) mass is 625 g/mol. The average molecular weight is 626 g/mol. The molecule has 4 rings (SSSR count). The number of halogens is 4. The quantitative estimate of drug-likeness (QED) is 0.216. The molecule has 1 aromatic carbocycles. The second-order valence-corrected chi connectivity index (χ2v) is 12.4. The van der Waals surface area contributed by atoms with E-state index < -0.39 is 29.8 Å². The van der Waals surface area contributed by atoms with Gasteiger partial charge in [0, 0.05) is 55.2 Å². The van der Waals surface area contributed by atoms with E-state index in [1.54, 1.807) is 0 Å². The minimum atomic E-state index is -4.73. The Kier molecular flexibility index (Phi) is 9.89. The van der Waals surface area contributed by atoms with Gasteiger partial charge in [-0.2, -0.15) is 13.2 Å². The van der Waals surface area contributed by atoms with Crippen molar-refractivity contribution in [1.82, 2.24) is 24.8 Å². The first-order valence-corrected chi connectivity index (χ1v) is 14.5. The van der Waals surface area contributed by atoms with Gasteiger partial charge in [0.15, 0.2) is 11.4 Å². The third kappa shape index (κ3) is 8.59. The summed E-state index contributed by atoms with van der Waals surface area (Å²) in [6.07, 6.45) is -3.00. The van der Waals surface area contributed by atoms with E-state index in [0.717, 1.165) is 23.5 Å². The summed E-state index contributed by atoms with van der Waals surface area (Å²) in [5.74, 6) is -1.24. The predicted molar refractivity (Wildman–Crippen MR) is 155 cm³/mol. The van der Waals surface area contributed by atoms with Crippen LogP contribution in [0.25, 0.3) is 11.3 Å². The number of carboxylic acid groups (broad SMARTS) is 1. The average Bonchev–Trinajstić information content (AvgIpc) is 3.32. The molecule has 1 unspecified atom stereocenters. The van der Waals surface area contributed by atoms with Gasteiger partial charge in [-0.1, -0.05) is 0 Å². The van der Waals surface area contributed by atoms with E-state index >= 15 is 0 Å². The van der Waals surface area contributed by atoms with Gasteiger partial charge in [0.25, 0.3) is 0 Å². The molecule has 2 aromatic heterocycles. The molecular weight excluding hydrogens is 590 g/mol. The number of aliphatic carboxylic acids is 1. The van der Waals surface area contributed by atoms with E-state index in [2.05, 4.69) is 25.2 Å². The number of alkyl halides is 3. The molecule has 0 radical (unpaired) electrons. The minimum absolute atomic E-state index is 0.0179. The van der Waals surface area contributed by atoms with Crippen molar-refractivity contribution in [2.24, 2.45) is 0 Å². The lowest BCUT2D eigenvalue weighted by Gasteiger charge is -2.35. The van der Waals surface area contributed by atoms with E-state index in [1.165, 1.54) is 12.4 Å². The molecule has 3 aromatic rings. The molecule has 1 atom stereocenters. The summed E-state index contributed by atoms with van der Waals surface area (Å²) in [6, 6.07) is 2.33. The number of rotatable bonds is 10. The van der Waals surface area contributed by atoms with Crippen LogP contribution < -0.4 is 10.2 Å². The van der Waals surface area contributed by atoms with Crippen LogP contribution in [0.5, 0.6) is 0 Å². The van der Waals surface area contributed by atoms with Crippen LogP contribution >= 0.6 is 11.3 Å². The van der Waals surface area contributed by atoms with Crippen LogP contribution in [0.1, 0.15) is 49.6 Å². The number of benzene rings is 1. The number of aliphatic hydroxyl groups is 1. The molecule has 43 heavy (non-hydrogen) atoms. The first-order chi connectivity index (χ1) is 20.1. The number of hydrogen-bond donors (Lipinski definition) is 3. The number of thiazole rings is 1. The Morgan fingerprint density at radius 2 is 1.81 bits per heavy atom. The topological polar surface area (TPSA) is 118 Å². The first kappa shape index (κ1) is 32.5. The van der Waals surface area contributed by atoms with Gasteiger partial charge in [0.2, 0.25) is 0 Å². The maximum Gasteiger partial charge on any atom is 0.416 e. The molecule has 3 heterocycles. The van der Waals surface area contributed by atoms with Gasteiger partial charge in [-0.15, -0.1) is 11.3 Å². The Bertz CT molecular complexity index is 1400. The van der Waals surface area contributed by atoms with Crippen LogP contribution in [-0.2, 0) is 17.5 Å². The van der Waals surface area contributed by atoms with E-state index in [9.17, 15) is 27.5 Å². The molecule has 10 nitrogen and oxygen atoms in total. The highest BCUT2D eigenvalue weighted by Gasteiger charge is 2.32. The van der Waals surface area contributed by atoms with Crippen LogP contribution in [0.3, 0.4) is 0 Å². The van der Waals surface area contributed by atoms with Gasteiger partial charge in [-0.25, -0.2) is 14.4 Å². The maximum atomic E-state index is 14.3. The SMILES string of the molecule is CN(Cc1sc(NC(O)c2cnc(N3CCN(CCC(=O)O)CC3)cn2)nc1-c1cc(F)cc(C(F)(F)F)c1)C(C)(C)C. The van der Waals surface area contributed by atoms with Crippen molar-refractivity contribution in [3.8, 4) is 11.3 Å². The zero-order valence-electron chi connectivity index (χ0n) is 24.3. The fourth-order valence-electron chi connectivity index (χ4n) is 4.37. The molecular formula is C28H35F4N7O3S. The Labute approximate surface area is 251 Å². The zero-order valence-corrected chi connectivity index (χ0v) is 25.1. The zero-order chi connectivity index (χ0) is 31.5. The lowest BCUT2D eigenvalue weighted by molar-refractivity contribution is -0.138. The summed E-state index contributed by atoms with van der Waals surface area (Å²) in [6.45, 7) is 9.46. The molecule has 0 saturated carbocycles. The maximum absolute atomic E-state index is 14.3. The number of aromatic nitrogens is 3. The van der Waals surface area contributed by atoms with Gasteiger partial charge >= 0.3 is 12.1 Å². The van der Waals surface area contributed by atoms with Crippen LogP contribution in [-0.4, -0.2) is 86.2 Å². The van der Waals surface area contributed by atoms with Crippen LogP contribution in [0.15, 0.2) is 30.6 Å². The van der Waals surface area contributed by atoms with E-state index in [-0.39, 0.29) is 34.0 Å². The van der Waals surface area contributed by atoms with Crippen molar-refractivity contribution < 1.29 is 32.6 Å². The van der Waals surface area contributed by atoms with Gasteiger partial charge in [-0.05, 0) is 46.0 Å². The van der Waals surface area contributed by atoms with Crippen molar-refractivity contribution in [2.75, 3.05) is 50.0 Å². The first-order valence-electron chi connectivity index (χ1n) is 13.6. The molecule has 1 aliphatic heterocycles. The Morgan fingerprint density at radius 3 is 2.40 bits per heavy atom. The van der Waals surface area contributed by atoms with Gasteiger partial charge < -0.3 is 20.4 Å². The molecule has 1 aliphatic rings. The van der Waals surface area contributed by atoms with Gasteiger partial charge in [0.05, 0.1) is 30.1 Å². The summed E-state index contributed by atoms with van der Waals surface area (Å²) in [4.78, 5) is 30.7. The fourth-order valence-corrected chi connectivity index (χ4v) is 5.43. The minimum Gasteiger partial charge on any atom is -0.481 e. The molecule has 0 aliphatic carbocycles. The van der Waals surface area contributed by atoms with Crippen molar-refractivity contribution in [1.29, 1.82) is 0 Å². The number of aliphatic hydroxyl groups excluding tert-OH is 1. The van der Waals surface area contributed by atoms with Crippen LogP contribution in [0.4, 0.5) is 28.5 Å². The lowest BCUT2D eigenvalue weighted by atomic mass is 10.0. The summed E-state index contributed by atoms with van der Waals surface area (Å²) in [5.41, 5.74) is -1.01. The summed E-state index contributed by atoms with van der Waals surface area (Å²) in [7, 11) is 1.87. The van der Waals surface area contributed by atoms with Crippen molar-refractivity contribution in [3.05, 3.63) is 52.5 Å². The normalized spacial score (nSPS) is 15.6. The summed E-state index contributed by atoms with van der Waals surface area (Å²) in [5, 5.41) is 22.8. The van der Waals surface area contributed by atoms with Crippen LogP contribution in [0.2, 0.25) is 0 Å². The largest absolute Gasteiger partial charge is 0.481 e. The molecule has 1 saturated heterocycles. The number of carbonyl (C=O) groups is 1. The number of piperazine rings is 1. The molecule has 1 fully saturated rings.